The maximum absolute atomic E-state index is 5.48. The minimum Gasteiger partial charge on any atom is -0.377 e. The quantitative estimate of drug-likeness (QED) is 0.626. The van der Waals surface area contributed by atoms with Gasteiger partial charge in [-0.15, -0.1) is 0 Å². The van der Waals surface area contributed by atoms with Gasteiger partial charge >= 0.3 is 0 Å². The van der Waals surface area contributed by atoms with E-state index in [4.69, 9.17) is 4.74 Å². The summed E-state index contributed by atoms with van der Waals surface area (Å²) in [4.78, 5) is 0. The van der Waals surface area contributed by atoms with Crippen LogP contribution >= 0.6 is 11.8 Å². The van der Waals surface area contributed by atoms with Gasteiger partial charge in [-0.2, -0.15) is 11.8 Å². The maximum atomic E-state index is 5.48. The Morgan fingerprint density at radius 1 is 1.60 bits per heavy atom. The molecule has 0 spiro atoms. The van der Waals surface area contributed by atoms with Crippen molar-refractivity contribution < 1.29 is 4.74 Å². The molecule has 0 aromatic rings. The molecule has 1 fully saturated rings. The summed E-state index contributed by atoms with van der Waals surface area (Å²) in [6, 6.07) is 0. The van der Waals surface area contributed by atoms with Gasteiger partial charge in [0.05, 0.1) is 6.10 Å². The SMILES string of the molecule is CC(C)SCC1CCCO1. The van der Waals surface area contributed by atoms with Crippen molar-refractivity contribution in [3.63, 3.8) is 0 Å². The lowest BCUT2D eigenvalue weighted by Crippen LogP contribution is -2.09. The molecule has 1 unspecified atom stereocenters. The number of thioether (sulfide) groups is 1. The average molecular weight is 160 g/mol. The Morgan fingerprint density at radius 3 is 2.90 bits per heavy atom. The summed E-state index contributed by atoms with van der Waals surface area (Å²) in [6.07, 6.45) is 3.11. The first-order chi connectivity index (χ1) is 4.79. The van der Waals surface area contributed by atoms with E-state index in [1.165, 1.54) is 18.6 Å². The highest BCUT2D eigenvalue weighted by Crippen LogP contribution is 2.19. The normalized spacial score (nSPS) is 26.1. The van der Waals surface area contributed by atoms with E-state index < -0.39 is 0 Å². The second kappa shape index (κ2) is 4.24. The minimum absolute atomic E-state index is 0.562. The summed E-state index contributed by atoms with van der Waals surface area (Å²) < 4.78 is 5.48. The molecule has 0 aliphatic carbocycles. The van der Waals surface area contributed by atoms with Crippen LogP contribution in [0.1, 0.15) is 26.7 Å². The molecule has 0 bridgehead atoms. The monoisotopic (exact) mass is 160 g/mol. The molecule has 0 aromatic heterocycles. The van der Waals surface area contributed by atoms with Gasteiger partial charge in [-0.25, -0.2) is 0 Å². The van der Waals surface area contributed by atoms with Gasteiger partial charge in [0.2, 0.25) is 0 Å². The van der Waals surface area contributed by atoms with Crippen LogP contribution < -0.4 is 0 Å². The van der Waals surface area contributed by atoms with E-state index in [2.05, 4.69) is 13.8 Å². The molecule has 1 nitrogen and oxygen atoms in total. The second-order valence-electron chi connectivity index (χ2n) is 3.02. The van der Waals surface area contributed by atoms with Gasteiger partial charge in [0, 0.05) is 12.4 Å². The van der Waals surface area contributed by atoms with Gasteiger partial charge in [0.15, 0.2) is 0 Å². The van der Waals surface area contributed by atoms with E-state index in [1.807, 2.05) is 11.8 Å². The third kappa shape index (κ3) is 2.93. The second-order valence-corrected chi connectivity index (χ2v) is 4.63. The first-order valence-corrected chi connectivity index (χ1v) is 5.07. The highest BCUT2D eigenvalue weighted by molar-refractivity contribution is 7.99. The first-order valence-electron chi connectivity index (χ1n) is 4.02. The van der Waals surface area contributed by atoms with Gasteiger partial charge in [-0.3, -0.25) is 0 Å². The molecule has 0 saturated carbocycles. The van der Waals surface area contributed by atoms with E-state index in [0.29, 0.717) is 6.10 Å². The summed E-state index contributed by atoms with van der Waals surface area (Å²) in [5.74, 6) is 1.19. The van der Waals surface area contributed by atoms with Gasteiger partial charge in [-0.05, 0) is 18.1 Å². The molecule has 0 N–H and O–H groups in total. The fraction of sp³-hybridized carbons (Fsp3) is 1.00. The number of rotatable bonds is 3. The zero-order valence-electron chi connectivity index (χ0n) is 6.80. The van der Waals surface area contributed by atoms with Crippen LogP contribution in [0.4, 0.5) is 0 Å². The summed E-state index contributed by atoms with van der Waals surface area (Å²) in [5, 5.41) is 0.754. The van der Waals surface area contributed by atoms with E-state index in [-0.39, 0.29) is 0 Å². The predicted octanol–water partition coefficient (Wildman–Crippen LogP) is 2.31. The molecule has 1 aliphatic rings. The Kier molecular flexibility index (Phi) is 3.57. The van der Waals surface area contributed by atoms with Gasteiger partial charge < -0.3 is 4.74 Å². The van der Waals surface area contributed by atoms with Gasteiger partial charge in [0.25, 0.3) is 0 Å². The maximum Gasteiger partial charge on any atom is 0.0666 e. The van der Waals surface area contributed by atoms with Crippen LogP contribution in [0.2, 0.25) is 0 Å². The standard InChI is InChI=1S/C8H16OS/c1-7(2)10-6-8-4-3-5-9-8/h7-8H,3-6H2,1-2H3. The highest BCUT2D eigenvalue weighted by atomic mass is 32.2. The van der Waals surface area contributed by atoms with Crippen LogP contribution in [0.3, 0.4) is 0 Å². The van der Waals surface area contributed by atoms with Crippen molar-refractivity contribution in [1.82, 2.24) is 0 Å². The third-order valence-electron chi connectivity index (χ3n) is 1.64. The molecule has 0 amide bonds. The van der Waals surface area contributed by atoms with Crippen molar-refractivity contribution >= 4 is 11.8 Å². The number of ether oxygens (including phenoxy) is 1. The minimum atomic E-state index is 0.562. The van der Waals surface area contributed by atoms with E-state index >= 15 is 0 Å². The van der Waals surface area contributed by atoms with Crippen LogP contribution in [0.5, 0.6) is 0 Å². The van der Waals surface area contributed by atoms with Crippen LogP contribution in [0.25, 0.3) is 0 Å². The van der Waals surface area contributed by atoms with Crippen molar-refractivity contribution in [3.8, 4) is 0 Å². The van der Waals surface area contributed by atoms with E-state index in [9.17, 15) is 0 Å². The van der Waals surface area contributed by atoms with Crippen LogP contribution in [0.15, 0.2) is 0 Å². The molecule has 60 valence electrons. The zero-order valence-corrected chi connectivity index (χ0v) is 7.62. The molecular weight excluding hydrogens is 144 g/mol. The van der Waals surface area contributed by atoms with Crippen LogP contribution in [0, 0.1) is 0 Å². The van der Waals surface area contributed by atoms with Crippen molar-refractivity contribution in [3.05, 3.63) is 0 Å². The lowest BCUT2D eigenvalue weighted by atomic mass is 10.3. The smallest absolute Gasteiger partial charge is 0.0666 e. The third-order valence-corrected chi connectivity index (χ3v) is 2.87. The Hall–Kier alpha value is 0.310. The Labute approximate surface area is 67.5 Å². The number of hydrogen-bond donors (Lipinski definition) is 0. The summed E-state index contributed by atoms with van der Waals surface area (Å²) in [7, 11) is 0. The number of hydrogen-bond acceptors (Lipinski definition) is 2. The topological polar surface area (TPSA) is 9.23 Å². The molecule has 1 aliphatic heterocycles. The van der Waals surface area contributed by atoms with Crippen molar-refractivity contribution in [2.45, 2.75) is 38.0 Å². The molecule has 1 atom stereocenters. The molecule has 1 rings (SSSR count). The molecule has 1 heterocycles. The summed E-state index contributed by atoms with van der Waals surface area (Å²) in [6.45, 7) is 5.46. The van der Waals surface area contributed by atoms with Gasteiger partial charge in [0.1, 0.15) is 0 Å². The van der Waals surface area contributed by atoms with Gasteiger partial charge in [-0.1, -0.05) is 13.8 Å². The summed E-state index contributed by atoms with van der Waals surface area (Å²) in [5.41, 5.74) is 0. The Bertz CT molecular complexity index is 87.3. The average Bonchev–Trinajstić information content (AvgIpc) is 2.34. The zero-order chi connectivity index (χ0) is 7.40. The molecule has 10 heavy (non-hydrogen) atoms. The van der Waals surface area contributed by atoms with Crippen LogP contribution in [-0.4, -0.2) is 23.7 Å². The molecule has 1 saturated heterocycles. The lowest BCUT2D eigenvalue weighted by Gasteiger charge is -2.09. The van der Waals surface area contributed by atoms with E-state index in [0.717, 1.165) is 11.9 Å². The molecule has 0 radical (unpaired) electrons. The van der Waals surface area contributed by atoms with Crippen molar-refractivity contribution in [2.75, 3.05) is 12.4 Å². The Balaban J connectivity index is 2.01. The largest absolute Gasteiger partial charge is 0.377 e. The first kappa shape index (κ1) is 8.41. The lowest BCUT2D eigenvalue weighted by molar-refractivity contribution is 0.129. The highest BCUT2D eigenvalue weighted by Gasteiger charge is 2.15. The molecule has 0 aromatic carbocycles. The molecular formula is C8H16OS. The van der Waals surface area contributed by atoms with Crippen molar-refractivity contribution in [2.24, 2.45) is 0 Å². The molecule has 2 heteroatoms. The van der Waals surface area contributed by atoms with Crippen molar-refractivity contribution in [1.29, 1.82) is 0 Å². The van der Waals surface area contributed by atoms with Crippen LogP contribution in [-0.2, 0) is 4.74 Å². The summed E-state index contributed by atoms with van der Waals surface area (Å²) >= 11 is 2.00. The van der Waals surface area contributed by atoms with E-state index in [1.54, 1.807) is 0 Å². The Morgan fingerprint density at radius 2 is 2.40 bits per heavy atom. The fourth-order valence-corrected chi connectivity index (χ4v) is 1.94. The predicted molar refractivity (Wildman–Crippen MR) is 46.6 cm³/mol. The fourth-order valence-electron chi connectivity index (χ4n) is 1.08.